The predicted octanol–water partition coefficient (Wildman–Crippen LogP) is 7.54. The Morgan fingerprint density at radius 3 is 2.52 bits per heavy atom. The molecule has 33 heavy (non-hydrogen) atoms. The van der Waals surface area contributed by atoms with Crippen molar-refractivity contribution in [1.82, 2.24) is 0 Å². The molecule has 3 rings (SSSR count). The van der Waals surface area contributed by atoms with Crippen LogP contribution in [0.2, 0.25) is 15.1 Å². The Morgan fingerprint density at radius 1 is 1.09 bits per heavy atom. The largest absolute Gasteiger partial charge is 0.493 e. The Kier molecular flexibility index (Phi) is 8.65. The number of ether oxygens (including phenoxy) is 2. The molecule has 3 aromatic rings. The number of nitrogens with one attached hydrogen (secondary N) is 1. The van der Waals surface area contributed by atoms with E-state index in [-0.39, 0.29) is 12.2 Å². The fourth-order valence-electron chi connectivity index (χ4n) is 2.78. The summed E-state index contributed by atoms with van der Waals surface area (Å²) >= 11 is 21.7. The van der Waals surface area contributed by atoms with E-state index < -0.39 is 5.91 Å². The summed E-state index contributed by atoms with van der Waals surface area (Å²) in [6, 6.07) is 17.2. The van der Waals surface area contributed by atoms with Crippen molar-refractivity contribution in [3.63, 3.8) is 0 Å². The van der Waals surface area contributed by atoms with Crippen LogP contribution in [0.5, 0.6) is 11.5 Å². The third-order valence-corrected chi connectivity index (χ3v) is 6.07. The topological polar surface area (TPSA) is 71.3 Å². The molecule has 0 fully saturated rings. The zero-order chi connectivity index (χ0) is 24.0. The molecule has 5 nitrogen and oxygen atoms in total. The van der Waals surface area contributed by atoms with Gasteiger partial charge in [0.25, 0.3) is 5.91 Å². The number of benzene rings is 3. The van der Waals surface area contributed by atoms with Crippen LogP contribution in [0.3, 0.4) is 0 Å². The molecule has 0 spiro atoms. The second kappa shape index (κ2) is 11.4. The van der Waals surface area contributed by atoms with Crippen molar-refractivity contribution in [3.8, 4) is 17.6 Å². The van der Waals surface area contributed by atoms with E-state index in [1.807, 2.05) is 6.07 Å². The number of rotatable bonds is 7. The molecule has 0 aromatic heterocycles. The van der Waals surface area contributed by atoms with Crippen molar-refractivity contribution in [2.45, 2.75) is 6.61 Å². The van der Waals surface area contributed by atoms with Gasteiger partial charge in [-0.25, -0.2) is 0 Å². The highest BCUT2D eigenvalue weighted by molar-refractivity contribution is 9.10. The molecule has 0 heterocycles. The van der Waals surface area contributed by atoms with Crippen LogP contribution in [0.25, 0.3) is 6.08 Å². The smallest absolute Gasteiger partial charge is 0.266 e. The van der Waals surface area contributed by atoms with Gasteiger partial charge in [-0.15, -0.1) is 0 Å². The standard InChI is InChI=1S/C24H16BrCl3N2O3/c1-32-22-9-15(8-16(12-29)24(31)30-21-5-3-2-4-19(21)27)18(25)11-23(22)33-13-14-6-7-17(26)10-20(14)28/h2-11H,13H2,1H3,(H,30,31)/b16-8+. The molecule has 3 aromatic carbocycles. The van der Waals surface area contributed by atoms with Gasteiger partial charge in [0.15, 0.2) is 11.5 Å². The maximum atomic E-state index is 12.6. The van der Waals surface area contributed by atoms with Gasteiger partial charge in [0.1, 0.15) is 18.2 Å². The number of nitriles is 1. The van der Waals surface area contributed by atoms with Crippen LogP contribution in [-0.2, 0) is 11.4 Å². The zero-order valence-electron chi connectivity index (χ0n) is 17.2. The van der Waals surface area contributed by atoms with Crippen LogP contribution in [0.4, 0.5) is 5.69 Å². The Balaban J connectivity index is 1.84. The average Bonchev–Trinajstić information content (AvgIpc) is 2.79. The maximum absolute atomic E-state index is 12.6. The van der Waals surface area contributed by atoms with Crippen LogP contribution < -0.4 is 14.8 Å². The molecule has 0 saturated heterocycles. The van der Waals surface area contributed by atoms with E-state index >= 15 is 0 Å². The van der Waals surface area contributed by atoms with Crippen molar-refractivity contribution < 1.29 is 14.3 Å². The number of hydrogen-bond donors (Lipinski definition) is 1. The lowest BCUT2D eigenvalue weighted by molar-refractivity contribution is -0.112. The van der Waals surface area contributed by atoms with E-state index in [1.54, 1.807) is 54.6 Å². The van der Waals surface area contributed by atoms with Gasteiger partial charge in [0, 0.05) is 20.1 Å². The first kappa shape index (κ1) is 24.9. The number of amides is 1. The maximum Gasteiger partial charge on any atom is 0.266 e. The van der Waals surface area contributed by atoms with Crippen LogP contribution in [0.15, 0.2) is 64.6 Å². The predicted molar refractivity (Wildman–Crippen MR) is 135 cm³/mol. The third-order valence-electron chi connectivity index (χ3n) is 4.47. The minimum absolute atomic E-state index is 0.112. The van der Waals surface area contributed by atoms with Crippen molar-refractivity contribution in [2.24, 2.45) is 0 Å². The molecular formula is C24H16BrCl3N2O3. The number of methoxy groups -OCH3 is 1. The first-order chi connectivity index (χ1) is 15.8. The van der Waals surface area contributed by atoms with E-state index in [9.17, 15) is 10.1 Å². The lowest BCUT2D eigenvalue weighted by atomic mass is 10.1. The molecule has 0 atom stereocenters. The van der Waals surface area contributed by atoms with Crippen molar-refractivity contribution in [2.75, 3.05) is 12.4 Å². The minimum Gasteiger partial charge on any atom is -0.493 e. The van der Waals surface area contributed by atoms with Gasteiger partial charge >= 0.3 is 0 Å². The fraction of sp³-hybridized carbons (Fsp3) is 0.0833. The highest BCUT2D eigenvalue weighted by atomic mass is 79.9. The first-order valence-corrected chi connectivity index (χ1v) is 11.4. The molecule has 0 radical (unpaired) electrons. The van der Waals surface area contributed by atoms with Gasteiger partial charge in [-0.3, -0.25) is 4.79 Å². The van der Waals surface area contributed by atoms with Crippen molar-refractivity contribution >= 4 is 68.4 Å². The summed E-state index contributed by atoms with van der Waals surface area (Å²) in [6.07, 6.45) is 1.44. The number of para-hydroxylation sites is 1. The summed E-state index contributed by atoms with van der Waals surface area (Å²) < 4.78 is 11.9. The Hall–Kier alpha value is -2.69. The summed E-state index contributed by atoms with van der Waals surface area (Å²) in [6.45, 7) is 0.192. The van der Waals surface area contributed by atoms with E-state index in [2.05, 4.69) is 21.2 Å². The fourth-order valence-corrected chi connectivity index (χ4v) is 3.87. The van der Waals surface area contributed by atoms with Crippen LogP contribution in [0, 0.1) is 11.3 Å². The van der Waals surface area contributed by atoms with Crippen LogP contribution in [-0.4, -0.2) is 13.0 Å². The zero-order valence-corrected chi connectivity index (χ0v) is 21.0. The molecule has 0 bridgehead atoms. The number of halogens is 4. The average molecular weight is 567 g/mol. The Labute approximate surface area is 214 Å². The van der Waals surface area contributed by atoms with Crippen LogP contribution in [0.1, 0.15) is 11.1 Å². The molecule has 1 amide bonds. The molecule has 0 aliphatic rings. The van der Waals surface area contributed by atoms with Crippen molar-refractivity contribution in [3.05, 3.63) is 90.8 Å². The summed E-state index contributed by atoms with van der Waals surface area (Å²) in [7, 11) is 1.49. The second-order valence-corrected chi connectivity index (χ2v) is 8.76. The van der Waals surface area contributed by atoms with E-state index in [1.165, 1.54) is 13.2 Å². The lowest BCUT2D eigenvalue weighted by Gasteiger charge is -2.14. The molecule has 1 N–H and O–H groups in total. The van der Waals surface area contributed by atoms with E-state index in [4.69, 9.17) is 44.3 Å². The number of anilines is 1. The second-order valence-electron chi connectivity index (χ2n) is 6.65. The third kappa shape index (κ3) is 6.43. The van der Waals surface area contributed by atoms with Gasteiger partial charge in [0.2, 0.25) is 0 Å². The first-order valence-electron chi connectivity index (χ1n) is 9.44. The van der Waals surface area contributed by atoms with Gasteiger partial charge in [-0.1, -0.05) is 68.9 Å². The van der Waals surface area contributed by atoms with E-state index in [0.717, 1.165) is 5.56 Å². The highest BCUT2D eigenvalue weighted by Crippen LogP contribution is 2.36. The Morgan fingerprint density at radius 2 is 1.85 bits per heavy atom. The summed E-state index contributed by atoms with van der Waals surface area (Å²) in [5.41, 5.74) is 1.60. The summed E-state index contributed by atoms with van der Waals surface area (Å²) in [4.78, 5) is 12.6. The summed E-state index contributed by atoms with van der Waals surface area (Å²) in [5.74, 6) is 0.277. The summed E-state index contributed by atoms with van der Waals surface area (Å²) in [5, 5.41) is 13.6. The molecule has 0 saturated carbocycles. The molecule has 9 heteroatoms. The lowest BCUT2D eigenvalue weighted by Crippen LogP contribution is -2.13. The van der Waals surface area contributed by atoms with Gasteiger partial charge < -0.3 is 14.8 Å². The number of carbonyl (C=O) groups is 1. The van der Waals surface area contributed by atoms with Crippen molar-refractivity contribution in [1.29, 1.82) is 5.26 Å². The normalized spacial score (nSPS) is 11.0. The van der Waals surface area contributed by atoms with E-state index in [0.29, 0.717) is 42.3 Å². The van der Waals surface area contributed by atoms with Crippen LogP contribution >= 0.6 is 50.7 Å². The molecule has 0 aliphatic heterocycles. The SMILES string of the molecule is COc1cc(/C=C(\C#N)C(=O)Nc2ccccc2Cl)c(Br)cc1OCc1ccc(Cl)cc1Cl. The molecule has 168 valence electrons. The number of hydrogen-bond acceptors (Lipinski definition) is 4. The number of carbonyl (C=O) groups excluding carboxylic acids is 1. The Bertz CT molecular complexity index is 1270. The molecular weight excluding hydrogens is 551 g/mol. The van der Waals surface area contributed by atoms with Gasteiger partial charge in [-0.05, 0) is 48.0 Å². The minimum atomic E-state index is -0.589. The number of nitrogens with zero attached hydrogens (tertiary/aromatic N) is 1. The highest BCUT2D eigenvalue weighted by Gasteiger charge is 2.15. The quantitative estimate of drug-likeness (QED) is 0.237. The molecule has 0 aliphatic carbocycles. The van der Waals surface area contributed by atoms with Gasteiger partial charge in [-0.2, -0.15) is 5.26 Å². The molecule has 0 unspecified atom stereocenters. The monoisotopic (exact) mass is 564 g/mol. The van der Waals surface area contributed by atoms with Gasteiger partial charge in [0.05, 0.1) is 17.8 Å².